The van der Waals surface area contributed by atoms with E-state index in [0.717, 1.165) is 19.1 Å². The number of benzene rings is 1. The molecule has 0 atom stereocenters. The Morgan fingerprint density at radius 2 is 1.45 bits per heavy atom. The highest BCUT2D eigenvalue weighted by atomic mass is 19.4. The van der Waals surface area contributed by atoms with Gasteiger partial charge < -0.3 is 0 Å². The van der Waals surface area contributed by atoms with E-state index in [0.29, 0.717) is 12.1 Å². The molecule has 2 rings (SSSR count). The Balaban J connectivity index is 2.53. The van der Waals surface area contributed by atoms with Crippen molar-refractivity contribution in [2.75, 3.05) is 0 Å². The molecule has 0 aliphatic rings. The van der Waals surface area contributed by atoms with Crippen molar-refractivity contribution in [3.05, 3.63) is 53.0 Å². The van der Waals surface area contributed by atoms with E-state index in [9.17, 15) is 26.3 Å². The van der Waals surface area contributed by atoms with Crippen LogP contribution in [0.4, 0.5) is 26.3 Å². The molecule has 0 saturated carbocycles. The lowest BCUT2D eigenvalue weighted by atomic mass is 10.1. The Bertz CT molecular complexity index is 645. The molecule has 1 heterocycles. The van der Waals surface area contributed by atoms with Gasteiger partial charge in [-0.2, -0.15) is 17.6 Å². The normalized spacial score (nSPS) is 11.8. The number of pyridine rings is 1. The number of hydrogen-bond donors (Lipinski definition) is 0. The summed E-state index contributed by atoms with van der Waals surface area (Å²) in [5.41, 5.74) is -2.11. The van der Waals surface area contributed by atoms with Gasteiger partial charge in [0.15, 0.2) is 11.6 Å². The second kappa shape index (κ2) is 4.81. The van der Waals surface area contributed by atoms with Crippen molar-refractivity contribution in [2.45, 2.75) is 13.1 Å². The molecule has 0 bridgehead atoms. The SMILES string of the molecule is Cc1c(F)c(F)nc(-c2ccc(C(F)(F)F)cc2)c1F. The second-order valence-corrected chi connectivity index (χ2v) is 4.08. The molecule has 20 heavy (non-hydrogen) atoms. The van der Waals surface area contributed by atoms with Crippen LogP contribution in [0.1, 0.15) is 11.1 Å². The number of nitrogens with zero attached hydrogens (tertiary/aromatic N) is 1. The summed E-state index contributed by atoms with van der Waals surface area (Å²) in [6.07, 6.45) is -4.53. The van der Waals surface area contributed by atoms with Gasteiger partial charge in [-0.1, -0.05) is 12.1 Å². The van der Waals surface area contributed by atoms with E-state index in [1.165, 1.54) is 0 Å². The van der Waals surface area contributed by atoms with Crippen molar-refractivity contribution >= 4 is 0 Å². The molecule has 1 aromatic carbocycles. The molecule has 2 aromatic rings. The quantitative estimate of drug-likeness (QED) is 0.557. The number of aromatic nitrogens is 1. The van der Waals surface area contributed by atoms with Crippen LogP contribution in [0.3, 0.4) is 0 Å². The minimum Gasteiger partial charge on any atom is -0.214 e. The van der Waals surface area contributed by atoms with E-state index >= 15 is 0 Å². The van der Waals surface area contributed by atoms with Crippen LogP contribution in [0.5, 0.6) is 0 Å². The molecule has 0 fully saturated rings. The van der Waals surface area contributed by atoms with Crippen LogP contribution in [-0.4, -0.2) is 4.98 Å². The molecule has 0 saturated heterocycles. The average Bonchev–Trinajstić information content (AvgIpc) is 2.40. The highest BCUT2D eigenvalue weighted by Gasteiger charge is 2.30. The highest BCUT2D eigenvalue weighted by molar-refractivity contribution is 5.61. The molecule has 1 nitrogen and oxygen atoms in total. The van der Waals surface area contributed by atoms with Crippen molar-refractivity contribution in [3.63, 3.8) is 0 Å². The van der Waals surface area contributed by atoms with Crippen LogP contribution in [-0.2, 0) is 6.18 Å². The van der Waals surface area contributed by atoms with Gasteiger partial charge >= 0.3 is 6.18 Å². The Hall–Kier alpha value is -2.05. The smallest absolute Gasteiger partial charge is 0.214 e. The first-order valence-corrected chi connectivity index (χ1v) is 5.40. The average molecular weight is 291 g/mol. The zero-order valence-corrected chi connectivity index (χ0v) is 10.0. The fraction of sp³-hybridized carbons (Fsp3) is 0.154. The fourth-order valence-electron chi connectivity index (χ4n) is 1.63. The maximum atomic E-state index is 13.8. The predicted octanol–water partition coefficient (Wildman–Crippen LogP) is 4.49. The third-order valence-corrected chi connectivity index (χ3v) is 2.74. The van der Waals surface area contributed by atoms with Crippen LogP contribution >= 0.6 is 0 Å². The van der Waals surface area contributed by atoms with E-state index in [1.807, 2.05) is 0 Å². The summed E-state index contributed by atoms with van der Waals surface area (Å²) in [6.45, 7) is 1.02. The lowest BCUT2D eigenvalue weighted by Crippen LogP contribution is -2.05. The molecule has 7 heteroatoms. The summed E-state index contributed by atoms with van der Waals surface area (Å²) in [5.74, 6) is -4.03. The molecule has 0 unspecified atom stereocenters. The highest BCUT2D eigenvalue weighted by Crippen LogP contribution is 2.31. The van der Waals surface area contributed by atoms with Gasteiger partial charge in [-0.05, 0) is 19.1 Å². The van der Waals surface area contributed by atoms with Crippen LogP contribution in [0, 0.1) is 24.5 Å². The first-order chi connectivity index (χ1) is 9.21. The fourth-order valence-corrected chi connectivity index (χ4v) is 1.63. The van der Waals surface area contributed by atoms with Gasteiger partial charge in [-0.15, -0.1) is 0 Å². The Kier molecular flexibility index (Phi) is 3.45. The predicted molar refractivity (Wildman–Crippen MR) is 59.3 cm³/mol. The number of alkyl halides is 3. The molecule has 0 spiro atoms. The summed E-state index contributed by atoms with van der Waals surface area (Å²) in [4.78, 5) is 3.10. The van der Waals surface area contributed by atoms with E-state index in [1.54, 1.807) is 0 Å². The maximum absolute atomic E-state index is 13.8. The lowest BCUT2D eigenvalue weighted by Gasteiger charge is -2.09. The zero-order valence-electron chi connectivity index (χ0n) is 10.0. The van der Waals surface area contributed by atoms with E-state index in [-0.39, 0.29) is 5.56 Å². The zero-order chi connectivity index (χ0) is 15.1. The molecule has 0 N–H and O–H groups in total. The number of rotatable bonds is 1. The molecule has 0 radical (unpaired) electrons. The number of halogens is 6. The molecular weight excluding hydrogens is 284 g/mol. The monoisotopic (exact) mass is 291 g/mol. The van der Waals surface area contributed by atoms with Gasteiger partial charge in [0.1, 0.15) is 5.69 Å². The van der Waals surface area contributed by atoms with E-state index in [2.05, 4.69) is 4.98 Å². The van der Waals surface area contributed by atoms with E-state index < -0.39 is 40.6 Å². The standard InChI is InChI=1S/C13H7F6N/c1-6-9(14)11(20-12(16)10(6)15)7-2-4-8(5-3-7)13(17,18)19/h2-5H,1H3. The summed E-state index contributed by atoms with van der Waals surface area (Å²) in [5, 5.41) is 0. The lowest BCUT2D eigenvalue weighted by molar-refractivity contribution is -0.137. The summed E-state index contributed by atoms with van der Waals surface area (Å²) in [7, 11) is 0. The summed E-state index contributed by atoms with van der Waals surface area (Å²) in [6, 6.07) is 3.33. The molecule has 1 aromatic heterocycles. The van der Waals surface area contributed by atoms with Crippen LogP contribution < -0.4 is 0 Å². The molecular formula is C13H7F6N. The third kappa shape index (κ3) is 2.48. The summed E-state index contributed by atoms with van der Waals surface area (Å²) >= 11 is 0. The first kappa shape index (κ1) is 14.4. The van der Waals surface area contributed by atoms with Crippen molar-refractivity contribution in [1.82, 2.24) is 4.98 Å². The van der Waals surface area contributed by atoms with Gasteiger partial charge in [-0.3, -0.25) is 0 Å². The third-order valence-electron chi connectivity index (χ3n) is 2.74. The first-order valence-electron chi connectivity index (χ1n) is 5.40. The largest absolute Gasteiger partial charge is 0.416 e. The van der Waals surface area contributed by atoms with Crippen LogP contribution in [0.15, 0.2) is 24.3 Å². The van der Waals surface area contributed by atoms with Gasteiger partial charge in [0.2, 0.25) is 5.95 Å². The van der Waals surface area contributed by atoms with Crippen molar-refractivity contribution < 1.29 is 26.3 Å². The van der Waals surface area contributed by atoms with Gasteiger partial charge in [-0.25, -0.2) is 13.8 Å². The summed E-state index contributed by atoms with van der Waals surface area (Å²) < 4.78 is 77.1. The van der Waals surface area contributed by atoms with Crippen LogP contribution in [0.2, 0.25) is 0 Å². The van der Waals surface area contributed by atoms with E-state index in [4.69, 9.17) is 0 Å². The minimum absolute atomic E-state index is 0.0718. The molecule has 0 aliphatic heterocycles. The molecule has 106 valence electrons. The molecule has 0 aliphatic carbocycles. The Morgan fingerprint density at radius 1 is 0.900 bits per heavy atom. The second-order valence-electron chi connectivity index (χ2n) is 4.08. The van der Waals surface area contributed by atoms with Gasteiger partial charge in [0.05, 0.1) is 5.56 Å². The maximum Gasteiger partial charge on any atom is 0.416 e. The Labute approximate surface area is 109 Å². The van der Waals surface area contributed by atoms with Crippen molar-refractivity contribution in [2.24, 2.45) is 0 Å². The van der Waals surface area contributed by atoms with Crippen LogP contribution in [0.25, 0.3) is 11.3 Å². The van der Waals surface area contributed by atoms with Crippen molar-refractivity contribution in [1.29, 1.82) is 0 Å². The van der Waals surface area contributed by atoms with Crippen molar-refractivity contribution in [3.8, 4) is 11.3 Å². The van der Waals surface area contributed by atoms with Gasteiger partial charge in [0.25, 0.3) is 0 Å². The topological polar surface area (TPSA) is 12.9 Å². The Morgan fingerprint density at radius 3 is 1.95 bits per heavy atom. The van der Waals surface area contributed by atoms with Gasteiger partial charge in [0, 0.05) is 11.1 Å². The molecule has 0 amide bonds. The minimum atomic E-state index is -4.53. The number of hydrogen-bond acceptors (Lipinski definition) is 1.